The third kappa shape index (κ3) is 6.27. The van der Waals surface area contributed by atoms with Crippen LogP contribution in [0.25, 0.3) is 11.1 Å². The number of aromatic nitrogens is 2. The molecule has 5 rings (SSSR count). The lowest BCUT2D eigenvalue weighted by Gasteiger charge is -2.16. The van der Waals surface area contributed by atoms with Gasteiger partial charge in [0.05, 0.1) is 6.61 Å². The lowest BCUT2D eigenvalue weighted by atomic mass is 9.99. The van der Waals surface area contributed by atoms with Gasteiger partial charge < -0.3 is 25.6 Å². The number of benzene rings is 2. The van der Waals surface area contributed by atoms with Crippen molar-refractivity contribution in [2.75, 3.05) is 17.2 Å². The van der Waals surface area contributed by atoms with E-state index < -0.39 is 6.03 Å². The quantitative estimate of drug-likeness (QED) is 0.251. The third-order valence-corrected chi connectivity index (χ3v) is 6.97. The normalized spacial score (nSPS) is 12.6. The molecule has 9 nitrogen and oxygen atoms in total. The lowest BCUT2D eigenvalue weighted by molar-refractivity contribution is 0.102. The Balaban J connectivity index is 1.33. The zero-order chi connectivity index (χ0) is 28.1. The van der Waals surface area contributed by atoms with Gasteiger partial charge >= 0.3 is 6.03 Å². The fourth-order valence-corrected chi connectivity index (χ4v) is 4.64. The highest BCUT2D eigenvalue weighted by atomic mass is 16.3. The Hall–Kier alpha value is -4.76. The number of amides is 3. The smallest absolute Gasteiger partial charge is 0.319 e. The number of carbonyl (C=O) groups excluding carboxylic acids is 2. The van der Waals surface area contributed by atoms with Crippen LogP contribution >= 0.6 is 0 Å². The zero-order valence-corrected chi connectivity index (χ0v) is 22.2. The highest BCUT2D eigenvalue weighted by molar-refractivity contribution is 6.05. The Morgan fingerprint density at radius 3 is 2.52 bits per heavy atom. The molecule has 2 heterocycles. The highest BCUT2D eigenvalue weighted by Gasteiger charge is 2.23. The molecule has 0 aliphatic heterocycles. The molecule has 1 saturated carbocycles. The molecule has 0 spiro atoms. The highest BCUT2D eigenvalue weighted by Crippen LogP contribution is 2.40. The van der Waals surface area contributed by atoms with Crippen LogP contribution in [-0.2, 0) is 20.1 Å². The fourth-order valence-electron chi connectivity index (χ4n) is 4.64. The second-order valence-corrected chi connectivity index (χ2v) is 9.89. The van der Waals surface area contributed by atoms with E-state index in [4.69, 9.17) is 0 Å². The van der Waals surface area contributed by atoms with E-state index in [-0.39, 0.29) is 23.8 Å². The molecule has 0 radical (unpaired) electrons. The number of rotatable bonds is 9. The standard InChI is InChI=1S/C31H31N5O4/c1-36-18-24(16-28(30(36)39)35-31(40)33-15-13-20-4-3-14-32-17-20)25-5-2-6-27(26(25)19-37)34-29(38)23-11-9-22(10-12-23)21-7-8-21/h2-6,9-12,14,16-18,21,37H,7-8,13,15,19H2,1H3,(H,34,38)(H2,33,35,40). The van der Waals surface area contributed by atoms with Gasteiger partial charge in [0, 0.05) is 54.6 Å². The second kappa shape index (κ2) is 12.0. The topological polar surface area (TPSA) is 125 Å². The maximum atomic E-state index is 13.0. The van der Waals surface area contributed by atoms with Crippen molar-refractivity contribution in [2.45, 2.75) is 31.8 Å². The van der Waals surface area contributed by atoms with Crippen LogP contribution in [0.15, 0.2) is 84.0 Å². The Kier molecular flexibility index (Phi) is 8.02. The Morgan fingerprint density at radius 1 is 1.02 bits per heavy atom. The molecular formula is C31H31N5O4. The third-order valence-electron chi connectivity index (χ3n) is 6.97. The monoisotopic (exact) mass is 537 g/mol. The summed E-state index contributed by atoms with van der Waals surface area (Å²) >= 11 is 0. The second-order valence-electron chi connectivity index (χ2n) is 9.89. The Labute approximate surface area is 231 Å². The van der Waals surface area contributed by atoms with Gasteiger partial charge in [-0.2, -0.15) is 0 Å². The molecule has 4 N–H and O–H groups in total. The average Bonchev–Trinajstić information content (AvgIpc) is 3.82. The molecule has 1 aliphatic rings. The molecule has 0 saturated heterocycles. The number of anilines is 2. The van der Waals surface area contributed by atoms with Gasteiger partial charge in [0.1, 0.15) is 5.69 Å². The molecule has 0 atom stereocenters. The number of aliphatic hydroxyl groups is 1. The molecule has 4 aromatic rings. The van der Waals surface area contributed by atoms with Gasteiger partial charge in [-0.1, -0.05) is 30.3 Å². The first-order valence-electron chi connectivity index (χ1n) is 13.2. The van der Waals surface area contributed by atoms with Gasteiger partial charge in [-0.05, 0) is 72.2 Å². The molecule has 3 amide bonds. The molecule has 1 aliphatic carbocycles. The molecule has 2 aromatic heterocycles. The van der Waals surface area contributed by atoms with E-state index >= 15 is 0 Å². The van der Waals surface area contributed by atoms with Crippen molar-refractivity contribution >= 4 is 23.3 Å². The van der Waals surface area contributed by atoms with Crippen LogP contribution < -0.4 is 21.5 Å². The Bertz CT molecular complexity index is 1580. The van der Waals surface area contributed by atoms with E-state index in [0.29, 0.717) is 46.8 Å². The minimum atomic E-state index is -0.505. The van der Waals surface area contributed by atoms with Crippen molar-refractivity contribution in [1.82, 2.24) is 14.9 Å². The number of aliphatic hydroxyl groups excluding tert-OH is 1. The molecule has 40 heavy (non-hydrogen) atoms. The Morgan fingerprint density at radius 2 is 1.82 bits per heavy atom. The first-order chi connectivity index (χ1) is 19.4. The maximum absolute atomic E-state index is 13.0. The van der Waals surface area contributed by atoms with Crippen LogP contribution in [0.4, 0.5) is 16.2 Å². The van der Waals surface area contributed by atoms with Crippen molar-refractivity contribution in [1.29, 1.82) is 0 Å². The van der Waals surface area contributed by atoms with Crippen molar-refractivity contribution in [3.63, 3.8) is 0 Å². The molecular weight excluding hydrogens is 506 g/mol. The van der Waals surface area contributed by atoms with Gasteiger partial charge in [-0.15, -0.1) is 0 Å². The molecule has 9 heteroatoms. The van der Waals surface area contributed by atoms with Crippen molar-refractivity contribution in [3.8, 4) is 11.1 Å². The SMILES string of the molecule is Cn1cc(-c2cccc(NC(=O)c3ccc(C4CC4)cc3)c2CO)cc(NC(=O)NCCc2cccnc2)c1=O. The van der Waals surface area contributed by atoms with Gasteiger partial charge in [-0.25, -0.2) is 4.79 Å². The van der Waals surface area contributed by atoms with Crippen LogP contribution in [0.2, 0.25) is 0 Å². The summed E-state index contributed by atoms with van der Waals surface area (Å²) in [6.07, 6.45) is 8.03. The largest absolute Gasteiger partial charge is 0.392 e. The number of nitrogens with one attached hydrogen (secondary N) is 3. The lowest BCUT2D eigenvalue weighted by Crippen LogP contribution is -2.33. The molecule has 0 unspecified atom stereocenters. The first-order valence-corrected chi connectivity index (χ1v) is 13.2. The van der Waals surface area contributed by atoms with E-state index in [2.05, 4.69) is 20.9 Å². The zero-order valence-electron chi connectivity index (χ0n) is 22.2. The summed E-state index contributed by atoms with van der Waals surface area (Å²) in [6.45, 7) is 0.0318. The van der Waals surface area contributed by atoms with Crippen LogP contribution in [0, 0.1) is 0 Å². The van der Waals surface area contributed by atoms with Crippen molar-refractivity contribution in [3.05, 3.63) is 112 Å². The van der Waals surface area contributed by atoms with Crippen LogP contribution in [0.3, 0.4) is 0 Å². The summed E-state index contributed by atoms with van der Waals surface area (Å²) < 4.78 is 1.37. The van der Waals surface area contributed by atoms with Crippen LogP contribution in [0.1, 0.15) is 45.8 Å². The number of hydrogen-bond donors (Lipinski definition) is 4. The van der Waals surface area contributed by atoms with Crippen molar-refractivity contribution < 1.29 is 14.7 Å². The minimum Gasteiger partial charge on any atom is -0.392 e. The summed E-state index contributed by atoms with van der Waals surface area (Å²) in [5.41, 5.74) is 4.66. The predicted octanol–water partition coefficient (Wildman–Crippen LogP) is 4.43. The fraction of sp³-hybridized carbons (Fsp3) is 0.226. The van der Waals surface area contributed by atoms with Gasteiger partial charge in [0.25, 0.3) is 11.5 Å². The van der Waals surface area contributed by atoms with E-state index in [1.807, 2.05) is 36.4 Å². The van der Waals surface area contributed by atoms with Gasteiger partial charge in [0.15, 0.2) is 0 Å². The number of carbonyl (C=O) groups is 2. The van der Waals surface area contributed by atoms with E-state index in [1.165, 1.54) is 23.0 Å². The van der Waals surface area contributed by atoms with E-state index in [0.717, 1.165) is 5.56 Å². The van der Waals surface area contributed by atoms with Crippen molar-refractivity contribution in [2.24, 2.45) is 7.05 Å². The molecule has 1 fully saturated rings. The predicted molar refractivity (Wildman–Crippen MR) is 154 cm³/mol. The summed E-state index contributed by atoms with van der Waals surface area (Å²) in [5, 5.41) is 18.6. The number of aryl methyl sites for hydroxylation is 1. The maximum Gasteiger partial charge on any atom is 0.319 e. The molecule has 204 valence electrons. The van der Waals surface area contributed by atoms with Crippen LogP contribution in [-0.4, -0.2) is 33.1 Å². The van der Waals surface area contributed by atoms with Gasteiger partial charge in [-0.3, -0.25) is 14.6 Å². The summed E-state index contributed by atoms with van der Waals surface area (Å²) in [6, 6.07) is 17.7. The molecule has 0 bridgehead atoms. The first kappa shape index (κ1) is 26.8. The number of urea groups is 1. The number of pyridine rings is 2. The average molecular weight is 538 g/mol. The summed E-state index contributed by atoms with van der Waals surface area (Å²) in [7, 11) is 1.59. The van der Waals surface area contributed by atoms with E-state index in [1.54, 1.807) is 49.9 Å². The molecule has 2 aromatic carbocycles. The minimum absolute atomic E-state index is 0.0907. The number of nitrogens with zero attached hydrogens (tertiary/aromatic N) is 2. The summed E-state index contributed by atoms with van der Waals surface area (Å²) in [4.78, 5) is 42.4. The van der Waals surface area contributed by atoms with E-state index in [9.17, 15) is 19.5 Å². The summed E-state index contributed by atoms with van der Waals surface area (Å²) in [5.74, 6) is 0.328. The van der Waals surface area contributed by atoms with Gasteiger partial charge in [0.2, 0.25) is 0 Å². The van der Waals surface area contributed by atoms with Crippen LogP contribution in [0.5, 0.6) is 0 Å². The number of hydrogen-bond acceptors (Lipinski definition) is 5.